The van der Waals surface area contributed by atoms with Gasteiger partial charge in [0.05, 0.1) is 6.54 Å². The van der Waals surface area contributed by atoms with Gasteiger partial charge < -0.3 is 20.1 Å². The Bertz CT molecular complexity index is 1030. The van der Waals surface area contributed by atoms with Gasteiger partial charge in [-0.15, -0.1) is 0 Å². The summed E-state index contributed by atoms with van der Waals surface area (Å²) < 4.78 is 19.9. The van der Waals surface area contributed by atoms with Crippen molar-refractivity contribution in [1.29, 1.82) is 0 Å². The summed E-state index contributed by atoms with van der Waals surface area (Å²) >= 11 is 0. The van der Waals surface area contributed by atoms with Crippen molar-refractivity contribution in [2.24, 2.45) is 12.0 Å². The maximum absolute atomic E-state index is 13.0. The Morgan fingerprint density at radius 1 is 1.30 bits per heavy atom. The lowest BCUT2D eigenvalue weighted by Crippen LogP contribution is -2.48. The molecule has 2 N–H and O–H groups in total. The summed E-state index contributed by atoms with van der Waals surface area (Å²) in [7, 11) is 1.50. The van der Waals surface area contributed by atoms with Gasteiger partial charge in [0, 0.05) is 39.5 Å². The Labute approximate surface area is 171 Å². The van der Waals surface area contributed by atoms with Gasteiger partial charge in [-0.3, -0.25) is 19.1 Å². The van der Waals surface area contributed by atoms with Gasteiger partial charge in [-0.25, -0.2) is 9.37 Å². The summed E-state index contributed by atoms with van der Waals surface area (Å²) in [4.78, 5) is 35.4. The minimum atomic E-state index is -0.709. The largest absolute Gasteiger partial charge is 0.501 e. The van der Waals surface area contributed by atoms with Crippen LogP contribution >= 0.6 is 0 Å². The molecule has 1 aromatic heterocycles. The molecule has 158 valence electrons. The third-order valence-corrected chi connectivity index (χ3v) is 5.54. The molecule has 2 aliphatic rings. The Balaban J connectivity index is 1.52. The van der Waals surface area contributed by atoms with Gasteiger partial charge in [-0.1, -0.05) is 12.1 Å². The summed E-state index contributed by atoms with van der Waals surface area (Å²) in [6, 6.07) is 5.65. The lowest BCUT2D eigenvalue weighted by atomic mass is 9.92. The third-order valence-electron chi connectivity index (χ3n) is 5.54. The molecule has 1 spiro atoms. The minimum absolute atomic E-state index is 0.106. The van der Waals surface area contributed by atoms with E-state index in [1.165, 1.54) is 42.3 Å². The van der Waals surface area contributed by atoms with Crippen LogP contribution in [0.1, 0.15) is 28.9 Å². The first-order valence-corrected chi connectivity index (χ1v) is 9.62. The summed E-state index contributed by atoms with van der Waals surface area (Å²) in [5, 5.41) is 12.8. The molecule has 1 amide bonds. The number of hydrogen-bond acceptors (Lipinski definition) is 7. The minimum Gasteiger partial charge on any atom is -0.501 e. The second kappa shape index (κ2) is 7.77. The van der Waals surface area contributed by atoms with E-state index in [9.17, 15) is 19.1 Å². The highest BCUT2D eigenvalue weighted by molar-refractivity contribution is 5.95. The number of aliphatic imine (C=N–C) groups is 1. The number of nitrogens with zero attached hydrogens (tertiary/aromatic N) is 4. The maximum atomic E-state index is 13.0. The number of nitrogens with one attached hydrogen (secondary N) is 1. The molecule has 3 heterocycles. The molecule has 2 aliphatic heterocycles. The van der Waals surface area contributed by atoms with Crippen LogP contribution in [-0.4, -0.2) is 52.2 Å². The van der Waals surface area contributed by atoms with Gasteiger partial charge in [-0.2, -0.15) is 0 Å². The standard InChI is InChI=1S/C20H22FN5O4/c1-25-18(29)16(27)15(17(28)23-10-13-2-4-14(21)5-3-13)24-19(25)26-8-6-20(7-9-26)11-22-12-30-20/h2-5,12,27H,6-11H2,1H3,(H,23,28). The highest BCUT2D eigenvalue weighted by Gasteiger charge is 2.39. The molecule has 0 unspecified atom stereocenters. The molecule has 0 radical (unpaired) electrons. The summed E-state index contributed by atoms with van der Waals surface area (Å²) in [6.45, 7) is 1.87. The molecule has 0 atom stereocenters. The molecule has 1 fully saturated rings. The Morgan fingerprint density at radius 3 is 2.63 bits per heavy atom. The zero-order valence-corrected chi connectivity index (χ0v) is 16.5. The smallest absolute Gasteiger partial charge is 0.297 e. The van der Waals surface area contributed by atoms with E-state index >= 15 is 0 Å². The van der Waals surface area contributed by atoms with Crippen LogP contribution in [0.3, 0.4) is 0 Å². The van der Waals surface area contributed by atoms with Crippen LogP contribution in [0.15, 0.2) is 34.1 Å². The van der Waals surface area contributed by atoms with Crippen LogP contribution in [0, 0.1) is 5.82 Å². The molecular formula is C20H22FN5O4. The number of anilines is 1. The number of amides is 1. The number of carbonyl (C=O) groups is 1. The van der Waals surface area contributed by atoms with Gasteiger partial charge in [0.15, 0.2) is 12.1 Å². The molecule has 30 heavy (non-hydrogen) atoms. The molecule has 2 aromatic rings. The van der Waals surface area contributed by atoms with E-state index in [0.717, 1.165) is 0 Å². The number of piperidine rings is 1. The first-order valence-electron chi connectivity index (χ1n) is 9.62. The highest BCUT2D eigenvalue weighted by atomic mass is 19.1. The zero-order valence-electron chi connectivity index (χ0n) is 16.5. The lowest BCUT2D eigenvalue weighted by Gasteiger charge is -2.38. The number of ether oxygens (including phenoxy) is 1. The van der Waals surface area contributed by atoms with Gasteiger partial charge in [-0.05, 0) is 17.7 Å². The van der Waals surface area contributed by atoms with E-state index < -0.39 is 17.2 Å². The number of aromatic hydroxyl groups is 1. The van der Waals surface area contributed by atoms with E-state index in [4.69, 9.17) is 4.74 Å². The summed E-state index contributed by atoms with van der Waals surface area (Å²) in [5.74, 6) is -1.47. The quantitative estimate of drug-likeness (QED) is 0.770. The predicted molar refractivity (Wildman–Crippen MR) is 107 cm³/mol. The van der Waals surface area contributed by atoms with E-state index in [1.807, 2.05) is 4.90 Å². The van der Waals surface area contributed by atoms with Crippen molar-refractivity contribution in [1.82, 2.24) is 14.9 Å². The predicted octanol–water partition coefficient (Wildman–Crippen LogP) is 0.952. The molecule has 10 heteroatoms. The van der Waals surface area contributed by atoms with E-state index in [0.29, 0.717) is 44.0 Å². The number of carbonyl (C=O) groups excluding carboxylic acids is 1. The van der Waals surface area contributed by atoms with Crippen LogP contribution in [0.25, 0.3) is 0 Å². The van der Waals surface area contributed by atoms with E-state index in [2.05, 4.69) is 15.3 Å². The van der Waals surface area contributed by atoms with Crippen molar-refractivity contribution >= 4 is 18.3 Å². The molecule has 0 saturated carbocycles. The zero-order chi connectivity index (χ0) is 21.3. The average molecular weight is 415 g/mol. The Morgan fingerprint density at radius 2 is 2.00 bits per heavy atom. The molecule has 0 bridgehead atoms. The van der Waals surface area contributed by atoms with Gasteiger partial charge in [0.25, 0.3) is 11.5 Å². The van der Waals surface area contributed by atoms with E-state index in [1.54, 1.807) is 0 Å². The number of rotatable bonds is 4. The highest BCUT2D eigenvalue weighted by Crippen LogP contribution is 2.31. The topological polar surface area (TPSA) is 109 Å². The molecule has 1 aromatic carbocycles. The van der Waals surface area contributed by atoms with Crippen molar-refractivity contribution in [2.45, 2.75) is 25.0 Å². The first kappa shape index (κ1) is 19.9. The number of halogens is 1. The van der Waals surface area contributed by atoms with Crippen LogP contribution < -0.4 is 15.8 Å². The Hall–Kier alpha value is -3.43. The van der Waals surface area contributed by atoms with Crippen molar-refractivity contribution in [2.75, 3.05) is 24.5 Å². The first-order chi connectivity index (χ1) is 14.4. The number of benzene rings is 1. The second-order valence-corrected chi connectivity index (χ2v) is 7.52. The van der Waals surface area contributed by atoms with Crippen molar-refractivity contribution < 1.29 is 19.0 Å². The average Bonchev–Trinajstić information content (AvgIpc) is 3.20. The Kier molecular flexibility index (Phi) is 5.15. The fraction of sp³-hybridized carbons (Fsp3) is 0.400. The van der Waals surface area contributed by atoms with Crippen molar-refractivity contribution in [3.05, 3.63) is 51.7 Å². The summed E-state index contributed by atoms with van der Waals surface area (Å²) in [5.41, 5.74) is -0.668. The van der Waals surface area contributed by atoms with Crippen LogP contribution in [-0.2, 0) is 18.3 Å². The molecule has 0 aliphatic carbocycles. The van der Waals surface area contributed by atoms with Crippen molar-refractivity contribution in [3.8, 4) is 5.75 Å². The van der Waals surface area contributed by atoms with Gasteiger partial charge in [0.2, 0.25) is 11.7 Å². The van der Waals surface area contributed by atoms with E-state index in [-0.39, 0.29) is 23.7 Å². The lowest BCUT2D eigenvalue weighted by molar-refractivity contribution is 0.0659. The van der Waals surface area contributed by atoms with Crippen LogP contribution in [0.5, 0.6) is 5.75 Å². The van der Waals surface area contributed by atoms with Gasteiger partial charge >= 0.3 is 0 Å². The monoisotopic (exact) mass is 415 g/mol. The van der Waals surface area contributed by atoms with Crippen LogP contribution in [0.4, 0.5) is 10.3 Å². The number of hydrogen-bond donors (Lipinski definition) is 2. The molecule has 4 rings (SSSR count). The molecule has 1 saturated heterocycles. The third kappa shape index (κ3) is 3.72. The van der Waals surface area contributed by atoms with Crippen LogP contribution in [0.2, 0.25) is 0 Å². The maximum Gasteiger partial charge on any atom is 0.297 e. The normalized spacial score (nSPS) is 17.2. The van der Waals surface area contributed by atoms with Crippen molar-refractivity contribution in [3.63, 3.8) is 0 Å². The summed E-state index contributed by atoms with van der Waals surface area (Å²) in [6.07, 6.45) is 2.89. The second-order valence-electron chi connectivity index (χ2n) is 7.52. The van der Waals surface area contributed by atoms with Gasteiger partial charge in [0.1, 0.15) is 11.4 Å². The molecular weight excluding hydrogens is 393 g/mol. The fourth-order valence-corrected chi connectivity index (χ4v) is 3.67. The molecule has 9 nitrogen and oxygen atoms in total. The fourth-order valence-electron chi connectivity index (χ4n) is 3.67. The SMILES string of the molecule is Cn1c(N2CCC3(CC2)CN=CO3)nc(C(=O)NCc2ccc(F)cc2)c(O)c1=O. The number of aromatic nitrogens is 2.